The molecule has 0 fully saturated rings. The summed E-state index contributed by atoms with van der Waals surface area (Å²) in [5.41, 5.74) is 2.29. The lowest BCUT2D eigenvalue weighted by Crippen LogP contribution is -2.16. The van der Waals surface area contributed by atoms with Gasteiger partial charge < -0.3 is 0 Å². The van der Waals surface area contributed by atoms with E-state index in [-0.39, 0.29) is 11.2 Å². The number of allylic oxidation sites excluding steroid dienone is 3. The SMILES string of the molecule is C=CC(=O)C1=C(C)CCC1(C)C. The molecule has 0 aromatic rings. The van der Waals surface area contributed by atoms with E-state index in [1.165, 1.54) is 11.6 Å². The number of hydrogen-bond acceptors (Lipinski definition) is 1. The Hall–Kier alpha value is -0.850. The minimum Gasteiger partial charge on any atom is -0.290 e. The molecular weight excluding hydrogens is 148 g/mol. The Balaban J connectivity index is 3.06. The molecule has 0 aliphatic heterocycles. The minimum absolute atomic E-state index is 0.0648. The number of ketones is 1. The van der Waals surface area contributed by atoms with E-state index in [1.807, 2.05) is 6.92 Å². The van der Waals surface area contributed by atoms with Gasteiger partial charge in [-0.25, -0.2) is 0 Å². The highest BCUT2D eigenvalue weighted by atomic mass is 16.1. The molecule has 0 unspecified atom stereocenters. The number of rotatable bonds is 2. The number of carbonyl (C=O) groups is 1. The molecule has 0 atom stereocenters. The van der Waals surface area contributed by atoms with Gasteiger partial charge in [0, 0.05) is 5.57 Å². The summed E-state index contributed by atoms with van der Waals surface area (Å²) in [6.45, 7) is 9.82. The first kappa shape index (κ1) is 9.24. The standard InChI is InChI=1S/C11H16O/c1-5-9(12)10-8(2)6-7-11(10,3)4/h5H,1,6-7H2,2-4H3. The van der Waals surface area contributed by atoms with Crippen LogP contribution in [-0.2, 0) is 4.79 Å². The second-order valence-corrected chi connectivity index (χ2v) is 4.11. The van der Waals surface area contributed by atoms with E-state index in [0.717, 1.165) is 18.4 Å². The molecule has 0 aromatic carbocycles. The van der Waals surface area contributed by atoms with Crippen molar-refractivity contribution < 1.29 is 4.79 Å². The Bertz CT molecular complexity index is 256. The van der Waals surface area contributed by atoms with E-state index >= 15 is 0 Å². The van der Waals surface area contributed by atoms with Gasteiger partial charge in [0.2, 0.25) is 0 Å². The highest BCUT2D eigenvalue weighted by molar-refractivity contribution is 6.05. The zero-order valence-electron chi connectivity index (χ0n) is 8.11. The van der Waals surface area contributed by atoms with Crippen LogP contribution in [0.3, 0.4) is 0 Å². The Morgan fingerprint density at radius 3 is 2.50 bits per heavy atom. The zero-order chi connectivity index (χ0) is 9.35. The van der Waals surface area contributed by atoms with E-state index < -0.39 is 0 Å². The molecule has 0 amide bonds. The monoisotopic (exact) mass is 164 g/mol. The predicted molar refractivity (Wildman–Crippen MR) is 50.9 cm³/mol. The zero-order valence-corrected chi connectivity index (χ0v) is 8.11. The van der Waals surface area contributed by atoms with Crippen molar-refractivity contribution >= 4 is 5.78 Å². The molecular formula is C11H16O. The third kappa shape index (κ3) is 1.36. The van der Waals surface area contributed by atoms with E-state index in [4.69, 9.17) is 0 Å². The molecule has 0 bridgehead atoms. The Morgan fingerprint density at radius 1 is 1.58 bits per heavy atom. The fraction of sp³-hybridized carbons (Fsp3) is 0.545. The number of carbonyl (C=O) groups excluding carboxylic acids is 1. The van der Waals surface area contributed by atoms with Gasteiger partial charge in [-0.2, -0.15) is 0 Å². The fourth-order valence-corrected chi connectivity index (χ4v) is 1.97. The maximum absolute atomic E-state index is 11.5. The van der Waals surface area contributed by atoms with Gasteiger partial charge in [0.05, 0.1) is 0 Å². The topological polar surface area (TPSA) is 17.1 Å². The van der Waals surface area contributed by atoms with Crippen molar-refractivity contribution in [1.29, 1.82) is 0 Å². The van der Waals surface area contributed by atoms with Crippen LogP contribution >= 0.6 is 0 Å². The minimum atomic E-state index is 0.0648. The first-order chi connectivity index (χ1) is 5.49. The maximum Gasteiger partial charge on any atom is 0.181 e. The summed E-state index contributed by atoms with van der Waals surface area (Å²) in [7, 11) is 0. The molecule has 66 valence electrons. The molecule has 0 spiro atoms. The summed E-state index contributed by atoms with van der Waals surface area (Å²) in [5, 5.41) is 0. The predicted octanol–water partition coefficient (Wildman–Crippen LogP) is 2.88. The molecule has 1 rings (SSSR count). The van der Waals surface area contributed by atoms with Gasteiger partial charge in [-0.05, 0) is 31.3 Å². The summed E-state index contributed by atoms with van der Waals surface area (Å²) in [5.74, 6) is 0.106. The molecule has 0 radical (unpaired) electrons. The first-order valence-electron chi connectivity index (χ1n) is 4.36. The molecule has 0 aromatic heterocycles. The van der Waals surface area contributed by atoms with Crippen LogP contribution in [0.5, 0.6) is 0 Å². The second kappa shape index (κ2) is 2.89. The van der Waals surface area contributed by atoms with Gasteiger partial charge in [-0.3, -0.25) is 4.79 Å². The molecule has 1 nitrogen and oxygen atoms in total. The van der Waals surface area contributed by atoms with Crippen LogP contribution in [-0.4, -0.2) is 5.78 Å². The molecule has 1 aliphatic carbocycles. The summed E-state index contributed by atoms with van der Waals surface area (Å²) in [6.07, 6.45) is 3.57. The Labute approximate surface area is 74.2 Å². The third-order valence-corrected chi connectivity index (χ3v) is 2.66. The van der Waals surface area contributed by atoms with Gasteiger partial charge in [-0.1, -0.05) is 26.0 Å². The lowest BCUT2D eigenvalue weighted by Gasteiger charge is -2.20. The van der Waals surface area contributed by atoms with Crippen LogP contribution in [0.25, 0.3) is 0 Å². The third-order valence-electron chi connectivity index (χ3n) is 2.66. The lowest BCUT2D eigenvalue weighted by molar-refractivity contribution is -0.112. The normalized spacial score (nSPS) is 21.2. The van der Waals surface area contributed by atoms with Gasteiger partial charge in [0.25, 0.3) is 0 Å². The van der Waals surface area contributed by atoms with Crippen LogP contribution in [0, 0.1) is 5.41 Å². The summed E-state index contributed by atoms with van der Waals surface area (Å²) >= 11 is 0. The van der Waals surface area contributed by atoms with E-state index in [1.54, 1.807) is 0 Å². The van der Waals surface area contributed by atoms with E-state index in [0.29, 0.717) is 0 Å². The number of hydrogen-bond donors (Lipinski definition) is 0. The van der Waals surface area contributed by atoms with Gasteiger partial charge in [0.1, 0.15) is 0 Å². The van der Waals surface area contributed by atoms with Crippen LogP contribution in [0.15, 0.2) is 23.8 Å². The second-order valence-electron chi connectivity index (χ2n) is 4.11. The van der Waals surface area contributed by atoms with Crippen molar-refractivity contribution in [2.45, 2.75) is 33.6 Å². The molecule has 0 saturated carbocycles. The van der Waals surface area contributed by atoms with Crippen LogP contribution in [0.2, 0.25) is 0 Å². The van der Waals surface area contributed by atoms with Crippen LogP contribution in [0.4, 0.5) is 0 Å². The van der Waals surface area contributed by atoms with Crippen molar-refractivity contribution in [2.24, 2.45) is 5.41 Å². The highest BCUT2D eigenvalue weighted by Crippen LogP contribution is 2.42. The van der Waals surface area contributed by atoms with Gasteiger partial charge in [0.15, 0.2) is 5.78 Å². The molecule has 0 N–H and O–H groups in total. The fourth-order valence-electron chi connectivity index (χ4n) is 1.97. The molecule has 0 heterocycles. The van der Waals surface area contributed by atoms with Crippen LogP contribution < -0.4 is 0 Å². The maximum atomic E-state index is 11.5. The summed E-state index contributed by atoms with van der Waals surface area (Å²) in [4.78, 5) is 11.5. The van der Waals surface area contributed by atoms with Crippen molar-refractivity contribution in [3.05, 3.63) is 23.8 Å². The average molecular weight is 164 g/mol. The molecule has 12 heavy (non-hydrogen) atoms. The van der Waals surface area contributed by atoms with E-state index in [2.05, 4.69) is 20.4 Å². The van der Waals surface area contributed by atoms with Gasteiger partial charge >= 0.3 is 0 Å². The quantitative estimate of drug-likeness (QED) is 0.573. The first-order valence-corrected chi connectivity index (χ1v) is 4.36. The summed E-state index contributed by atoms with van der Waals surface area (Å²) < 4.78 is 0. The Morgan fingerprint density at radius 2 is 2.17 bits per heavy atom. The largest absolute Gasteiger partial charge is 0.290 e. The molecule has 0 saturated heterocycles. The van der Waals surface area contributed by atoms with Crippen molar-refractivity contribution in [3.63, 3.8) is 0 Å². The van der Waals surface area contributed by atoms with E-state index in [9.17, 15) is 4.79 Å². The van der Waals surface area contributed by atoms with Crippen molar-refractivity contribution in [1.82, 2.24) is 0 Å². The molecule has 1 heteroatoms. The van der Waals surface area contributed by atoms with Gasteiger partial charge in [-0.15, -0.1) is 0 Å². The molecule has 1 aliphatic rings. The average Bonchev–Trinajstić information content (AvgIpc) is 2.25. The lowest BCUT2D eigenvalue weighted by atomic mass is 9.83. The van der Waals surface area contributed by atoms with Crippen molar-refractivity contribution in [2.75, 3.05) is 0 Å². The smallest absolute Gasteiger partial charge is 0.181 e. The summed E-state index contributed by atoms with van der Waals surface area (Å²) in [6, 6.07) is 0. The Kier molecular flexibility index (Phi) is 2.22. The van der Waals surface area contributed by atoms with Crippen LogP contribution in [0.1, 0.15) is 33.6 Å². The highest BCUT2D eigenvalue weighted by Gasteiger charge is 2.33. The van der Waals surface area contributed by atoms with Crippen molar-refractivity contribution in [3.8, 4) is 0 Å².